The van der Waals surface area contributed by atoms with E-state index >= 15 is 0 Å². The zero-order valence-corrected chi connectivity index (χ0v) is 20.2. The molecule has 6 nitrogen and oxygen atoms in total. The SMILES string of the molecule is CC1(C)[C@H]2C[C@@H]1[C@]1(C)OB(c3ccc(OC(F)F)c(-c4ccc5c(N)cnnc5c4)c3)O[C@]1(C)C2. The number of nitrogens with zero attached hydrogens (tertiary/aromatic N) is 2. The van der Waals surface area contributed by atoms with Gasteiger partial charge in [-0.3, -0.25) is 0 Å². The van der Waals surface area contributed by atoms with Gasteiger partial charge in [-0.25, -0.2) is 0 Å². The Morgan fingerprint density at radius 1 is 1.11 bits per heavy atom. The van der Waals surface area contributed by atoms with E-state index in [1.54, 1.807) is 18.2 Å². The number of halogens is 2. The largest absolute Gasteiger partial charge is 0.494 e. The van der Waals surface area contributed by atoms with Gasteiger partial charge in [-0.2, -0.15) is 19.0 Å². The first kappa shape index (κ1) is 22.7. The van der Waals surface area contributed by atoms with E-state index in [1.807, 2.05) is 18.2 Å². The van der Waals surface area contributed by atoms with Gasteiger partial charge in [0.15, 0.2) is 0 Å². The molecule has 0 radical (unpaired) electrons. The molecule has 4 fully saturated rings. The Kier molecular flexibility index (Phi) is 4.77. The van der Waals surface area contributed by atoms with E-state index in [2.05, 4.69) is 37.9 Å². The van der Waals surface area contributed by atoms with Gasteiger partial charge >= 0.3 is 13.7 Å². The van der Waals surface area contributed by atoms with Gasteiger partial charge in [-0.15, -0.1) is 0 Å². The molecule has 1 saturated heterocycles. The number of hydrogen-bond acceptors (Lipinski definition) is 6. The van der Waals surface area contributed by atoms with Crippen LogP contribution >= 0.6 is 0 Å². The fraction of sp³-hybridized carbons (Fsp3) is 0.462. The van der Waals surface area contributed by atoms with Crippen LogP contribution in [0.15, 0.2) is 42.6 Å². The van der Waals surface area contributed by atoms with Crippen LogP contribution in [0.2, 0.25) is 0 Å². The predicted octanol–water partition coefficient (Wildman–Crippen LogP) is 4.81. The maximum atomic E-state index is 13.2. The molecule has 1 aliphatic heterocycles. The first-order chi connectivity index (χ1) is 16.5. The molecule has 4 atom stereocenters. The van der Waals surface area contributed by atoms with Crippen LogP contribution in [-0.2, 0) is 9.31 Å². The summed E-state index contributed by atoms with van der Waals surface area (Å²) >= 11 is 0. The van der Waals surface area contributed by atoms with Crippen molar-refractivity contribution in [3.63, 3.8) is 0 Å². The van der Waals surface area contributed by atoms with E-state index in [0.717, 1.165) is 23.7 Å². The highest BCUT2D eigenvalue weighted by molar-refractivity contribution is 6.62. The Bertz CT molecular complexity index is 1340. The van der Waals surface area contributed by atoms with Gasteiger partial charge in [-0.1, -0.05) is 32.0 Å². The molecule has 0 spiro atoms. The number of nitrogens with two attached hydrogens (primary N) is 1. The monoisotopic (exact) mass is 479 g/mol. The summed E-state index contributed by atoms with van der Waals surface area (Å²) in [5.74, 6) is 1.07. The maximum Gasteiger partial charge on any atom is 0.494 e. The lowest BCUT2D eigenvalue weighted by atomic mass is 9.41. The lowest BCUT2D eigenvalue weighted by molar-refractivity contribution is -0.234. The summed E-state index contributed by atoms with van der Waals surface area (Å²) in [4.78, 5) is 0. The minimum atomic E-state index is -2.95. The van der Waals surface area contributed by atoms with E-state index in [1.165, 1.54) is 6.20 Å². The van der Waals surface area contributed by atoms with Crippen LogP contribution in [0, 0.1) is 17.3 Å². The molecule has 0 amide bonds. The average molecular weight is 479 g/mol. The Labute approximate surface area is 203 Å². The second-order valence-corrected chi connectivity index (χ2v) is 11.1. The lowest BCUT2D eigenvalue weighted by Crippen LogP contribution is -2.70. The third-order valence-corrected chi connectivity index (χ3v) is 9.01. The number of nitrogen functional groups attached to an aromatic ring is 1. The number of hydrogen-bond donors (Lipinski definition) is 1. The van der Waals surface area contributed by atoms with Crippen LogP contribution < -0.4 is 15.9 Å². The quantitative estimate of drug-likeness (QED) is 0.542. The molecule has 4 aliphatic rings. The standard InChI is InChI=1S/C26H28BF2N3O3/c1-24(2)15-10-22(24)26(4)25(3,12-15)34-27(35-26)16-6-8-21(33-23(28)29)18(11-16)14-5-7-17-19(30)13-31-32-20(17)9-14/h5-9,11,13,15,22-23H,10,12H2,1-4H3,(H2,30,32)/t15-,22-,25+,26-/m0/s1. The number of ether oxygens (including phenoxy) is 1. The molecule has 2 heterocycles. The van der Waals surface area contributed by atoms with Crippen molar-refractivity contribution in [1.82, 2.24) is 10.2 Å². The highest BCUT2D eigenvalue weighted by Crippen LogP contribution is 2.69. The van der Waals surface area contributed by atoms with Gasteiger partial charge < -0.3 is 19.8 Å². The highest BCUT2D eigenvalue weighted by Gasteiger charge is 2.72. The van der Waals surface area contributed by atoms with E-state index in [4.69, 9.17) is 19.8 Å². The Hall–Kier alpha value is -2.78. The number of fused-ring (bicyclic) bond motifs is 1. The predicted molar refractivity (Wildman–Crippen MR) is 130 cm³/mol. The molecule has 3 aromatic rings. The van der Waals surface area contributed by atoms with Crippen molar-refractivity contribution >= 4 is 29.2 Å². The topological polar surface area (TPSA) is 79.5 Å². The van der Waals surface area contributed by atoms with Gasteiger partial charge in [0.25, 0.3) is 0 Å². The lowest BCUT2D eigenvalue weighted by Gasteiger charge is -2.67. The minimum absolute atomic E-state index is 0.0659. The molecule has 2 N–H and O–H groups in total. The van der Waals surface area contributed by atoms with Crippen molar-refractivity contribution in [3.05, 3.63) is 42.6 Å². The molecular weight excluding hydrogens is 451 g/mol. The fourth-order valence-corrected chi connectivity index (χ4v) is 6.70. The number of benzene rings is 2. The smallest absolute Gasteiger partial charge is 0.434 e. The summed E-state index contributed by atoms with van der Waals surface area (Å²) in [5, 5.41) is 8.80. The zero-order chi connectivity index (χ0) is 24.8. The van der Waals surface area contributed by atoms with E-state index < -0.39 is 24.9 Å². The number of rotatable bonds is 4. The van der Waals surface area contributed by atoms with Gasteiger partial charge in [0.2, 0.25) is 0 Å². The van der Waals surface area contributed by atoms with Crippen molar-refractivity contribution in [2.24, 2.45) is 17.3 Å². The molecule has 2 bridgehead atoms. The first-order valence-electron chi connectivity index (χ1n) is 12.0. The van der Waals surface area contributed by atoms with Crippen LogP contribution in [0.25, 0.3) is 22.0 Å². The van der Waals surface area contributed by atoms with Crippen LogP contribution in [0.5, 0.6) is 5.75 Å². The van der Waals surface area contributed by atoms with Crippen molar-refractivity contribution in [2.75, 3.05) is 5.73 Å². The molecule has 3 aliphatic carbocycles. The van der Waals surface area contributed by atoms with Crippen molar-refractivity contribution in [3.8, 4) is 16.9 Å². The van der Waals surface area contributed by atoms with Gasteiger partial charge in [0.05, 0.1) is 28.6 Å². The van der Waals surface area contributed by atoms with Gasteiger partial charge in [0, 0.05) is 10.9 Å². The Morgan fingerprint density at radius 3 is 2.66 bits per heavy atom. The van der Waals surface area contributed by atoms with Crippen molar-refractivity contribution in [2.45, 2.75) is 58.4 Å². The summed E-state index contributed by atoms with van der Waals surface area (Å²) in [6, 6.07) is 10.5. The van der Waals surface area contributed by atoms with E-state index in [0.29, 0.717) is 34.2 Å². The van der Waals surface area contributed by atoms with Crippen molar-refractivity contribution < 1.29 is 22.8 Å². The van der Waals surface area contributed by atoms with Crippen LogP contribution in [0.1, 0.15) is 40.5 Å². The summed E-state index contributed by atoms with van der Waals surface area (Å²) in [6.07, 6.45) is 3.56. The Morgan fingerprint density at radius 2 is 1.91 bits per heavy atom. The minimum Gasteiger partial charge on any atom is -0.434 e. The molecule has 0 unspecified atom stereocenters. The Balaban J connectivity index is 1.41. The van der Waals surface area contributed by atoms with Crippen molar-refractivity contribution in [1.29, 1.82) is 0 Å². The molecule has 7 rings (SSSR count). The summed E-state index contributed by atoms with van der Waals surface area (Å²) in [7, 11) is -0.601. The summed E-state index contributed by atoms with van der Waals surface area (Å²) in [6.45, 7) is 5.98. The molecule has 3 saturated carbocycles. The zero-order valence-electron chi connectivity index (χ0n) is 20.2. The summed E-state index contributed by atoms with van der Waals surface area (Å²) in [5.41, 5.74) is 8.36. The molecule has 35 heavy (non-hydrogen) atoms. The second-order valence-electron chi connectivity index (χ2n) is 11.1. The molecule has 9 heteroatoms. The average Bonchev–Trinajstić information content (AvgIpc) is 3.10. The van der Waals surface area contributed by atoms with E-state index in [-0.39, 0.29) is 11.2 Å². The first-order valence-corrected chi connectivity index (χ1v) is 12.0. The number of aromatic nitrogens is 2. The second kappa shape index (κ2) is 7.37. The third kappa shape index (κ3) is 3.20. The highest BCUT2D eigenvalue weighted by atomic mass is 19.3. The number of alkyl halides is 2. The third-order valence-electron chi connectivity index (χ3n) is 9.01. The van der Waals surface area contributed by atoms with Gasteiger partial charge in [-0.05, 0) is 73.2 Å². The normalized spacial score (nSPS) is 30.9. The number of anilines is 1. The molecule has 1 aromatic heterocycles. The van der Waals surface area contributed by atoms with Crippen LogP contribution in [0.3, 0.4) is 0 Å². The molecule has 182 valence electrons. The maximum absolute atomic E-state index is 13.2. The summed E-state index contributed by atoms with van der Waals surface area (Å²) < 4.78 is 44.6. The molecular formula is C26H28BF2N3O3. The van der Waals surface area contributed by atoms with Crippen LogP contribution in [0.4, 0.5) is 14.5 Å². The fourth-order valence-electron chi connectivity index (χ4n) is 6.70. The van der Waals surface area contributed by atoms with Crippen LogP contribution in [-0.4, -0.2) is 35.1 Å². The molecule has 2 aromatic carbocycles. The van der Waals surface area contributed by atoms with Gasteiger partial charge in [0.1, 0.15) is 5.75 Å². The van der Waals surface area contributed by atoms with E-state index in [9.17, 15) is 8.78 Å².